The van der Waals surface area contributed by atoms with Crippen molar-refractivity contribution in [3.8, 4) is 11.8 Å². The van der Waals surface area contributed by atoms with E-state index in [1.54, 1.807) is 0 Å². The molecule has 2 heteroatoms. The molecule has 0 fully saturated rings. The fraction of sp³-hybridized carbons (Fsp3) is 0.364. The molecule has 24 heavy (non-hydrogen) atoms. The van der Waals surface area contributed by atoms with Crippen molar-refractivity contribution in [1.82, 2.24) is 5.32 Å². The number of hydrogen-bond acceptors (Lipinski definition) is 2. The smallest absolute Gasteiger partial charge is 0.115 e. The van der Waals surface area contributed by atoms with Gasteiger partial charge in [-0.3, -0.25) is 0 Å². The minimum Gasteiger partial charge on any atom is -0.380 e. The van der Waals surface area contributed by atoms with Crippen molar-refractivity contribution in [2.75, 3.05) is 7.05 Å². The maximum Gasteiger partial charge on any atom is 0.115 e. The van der Waals surface area contributed by atoms with Crippen LogP contribution >= 0.6 is 0 Å². The maximum atomic E-state index is 9.73. The summed E-state index contributed by atoms with van der Waals surface area (Å²) >= 11 is 0. The van der Waals surface area contributed by atoms with Crippen LogP contribution in [-0.2, 0) is 6.42 Å². The van der Waals surface area contributed by atoms with Crippen molar-refractivity contribution in [2.45, 2.75) is 44.8 Å². The van der Waals surface area contributed by atoms with Crippen molar-refractivity contribution >= 4 is 10.8 Å². The summed E-state index contributed by atoms with van der Waals surface area (Å²) in [6.45, 7) is 2.12. The highest BCUT2D eigenvalue weighted by Gasteiger charge is 2.06. The lowest BCUT2D eigenvalue weighted by Crippen LogP contribution is -2.25. The molecule has 2 nitrogen and oxygen atoms in total. The Kier molecular flexibility index (Phi) is 7.55. The summed E-state index contributed by atoms with van der Waals surface area (Å²) in [6, 6.07) is 15.1. The average Bonchev–Trinajstić information content (AvgIpc) is 2.62. The van der Waals surface area contributed by atoms with E-state index in [0.717, 1.165) is 25.7 Å². The third-order valence-corrected chi connectivity index (χ3v) is 4.18. The van der Waals surface area contributed by atoms with Gasteiger partial charge in [0, 0.05) is 6.04 Å². The van der Waals surface area contributed by atoms with Crippen molar-refractivity contribution in [3.05, 3.63) is 60.2 Å². The summed E-state index contributed by atoms with van der Waals surface area (Å²) in [5.41, 5.74) is 1.33. The van der Waals surface area contributed by atoms with Crippen LogP contribution in [0.15, 0.2) is 54.6 Å². The topological polar surface area (TPSA) is 32.3 Å². The minimum atomic E-state index is -0.513. The number of allylic oxidation sites excluding steroid dienone is 1. The zero-order chi connectivity index (χ0) is 17.2. The SMILES string of the molecule is CCCCC(O)C#C/C=C/C(Cc1cccc2ccccc12)NC. The molecule has 0 aliphatic rings. The van der Waals surface area contributed by atoms with Crippen LogP contribution in [0.3, 0.4) is 0 Å². The standard InChI is InChI=1S/C22H27NO/c1-3-4-14-21(24)15-7-6-13-20(23-2)17-19-12-9-11-18-10-5-8-16-22(18)19/h5-6,8-13,16,20-21,23-24H,3-4,14,17H2,1-2H3/b13-6+. The summed E-state index contributed by atoms with van der Waals surface area (Å²) in [6.07, 6.45) is 7.17. The van der Waals surface area contributed by atoms with Gasteiger partial charge in [0.15, 0.2) is 0 Å². The second-order valence-corrected chi connectivity index (χ2v) is 6.04. The number of benzene rings is 2. The van der Waals surface area contributed by atoms with Gasteiger partial charge in [0.25, 0.3) is 0 Å². The van der Waals surface area contributed by atoms with Crippen LogP contribution in [0, 0.1) is 11.8 Å². The molecule has 0 aliphatic carbocycles. The molecule has 2 unspecified atom stereocenters. The van der Waals surface area contributed by atoms with Crippen molar-refractivity contribution in [2.24, 2.45) is 0 Å². The molecule has 0 bridgehead atoms. The Hall–Kier alpha value is -2.08. The Balaban J connectivity index is 2.01. The first-order valence-electron chi connectivity index (χ1n) is 8.74. The van der Waals surface area contributed by atoms with Gasteiger partial charge >= 0.3 is 0 Å². The molecular weight excluding hydrogens is 294 g/mol. The second kappa shape index (κ2) is 9.93. The van der Waals surface area contributed by atoms with Crippen LogP contribution < -0.4 is 5.32 Å². The Morgan fingerprint density at radius 1 is 1.17 bits per heavy atom. The van der Waals surface area contributed by atoms with Gasteiger partial charge in [0.1, 0.15) is 6.10 Å². The van der Waals surface area contributed by atoms with Crippen molar-refractivity contribution < 1.29 is 5.11 Å². The molecule has 2 aromatic carbocycles. The van der Waals surface area contributed by atoms with Crippen LogP contribution in [0.2, 0.25) is 0 Å². The Morgan fingerprint density at radius 2 is 1.96 bits per heavy atom. The van der Waals surface area contributed by atoms with Crippen LogP contribution in [0.4, 0.5) is 0 Å². The third kappa shape index (κ3) is 5.53. The zero-order valence-electron chi connectivity index (χ0n) is 14.6. The van der Waals surface area contributed by atoms with Crippen LogP contribution in [-0.4, -0.2) is 24.3 Å². The number of rotatable bonds is 7. The minimum absolute atomic E-state index is 0.220. The van der Waals surface area contributed by atoms with Crippen molar-refractivity contribution in [3.63, 3.8) is 0 Å². The predicted molar refractivity (Wildman–Crippen MR) is 103 cm³/mol. The Bertz CT molecular complexity index is 718. The third-order valence-electron chi connectivity index (χ3n) is 4.18. The van der Waals surface area contributed by atoms with Gasteiger partial charge in [-0.2, -0.15) is 0 Å². The molecule has 0 spiro atoms. The summed E-state index contributed by atoms with van der Waals surface area (Å²) in [4.78, 5) is 0. The van der Waals surface area contributed by atoms with Gasteiger partial charge in [-0.05, 0) is 42.3 Å². The number of nitrogens with one attached hydrogen (secondary N) is 1. The maximum absolute atomic E-state index is 9.73. The molecule has 0 amide bonds. The molecule has 2 N–H and O–H groups in total. The van der Waals surface area contributed by atoms with E-state index in [2.05, 4.69) is 72.6 Å². The molecule has 0 saturated carbocycles. The van der Waals surface area contributed by atoms with Gasteiger partial charge in [0.2, 0.25) is 0 Å². The number of aliphatic hydroxyl groups excluding tert-OH is 1. The average molecular weight is 321 g/mol. The van der Waals surface area contributed by atoms with E-state index in [0.29, 0.717) is 0 Å². The summed E-state index contributed by atoms with van der Waals surface area (Å²) in [5.74, 6) is 5.84. The highest BCUT2D eigenvalue weighted by atomic mass is 16.3. The van der Waals surface area contributed by atoms with E-state index in [4.69, 9.17) is 0 Å². The molecule has 0 saturated heterocycles. The number of likely N-dealkylation sites (N-methyl/N-ethyl adjacent to an activating group) is 1. The van der Waals surface area contributed by atoms with Crippen LogP contribution in [0.5, 0.6) is 0 Å². The van der Waals surface area contributed by atoms with Gasteiger partial charge in [0.05, 0.1) is 0 Å². The lowest BCUT2D eigenvalue weighted by Gasteiger charge is -2.13. The molecule has 2 atom stereocenters. The number of hydrogen-bond donors (Lipinski definition) is 2. The number of aliphatic hydroxyl groups is 1. The predicted octanol–water partition coefficient (Wildman–Crippen LogP) is 4.08. The molecule has 0 aliphatic heterocycles. The summed E-state index contributed by atoms with van der Waals surface area (Å²) < 4.78 is 0. The van der Waals surface area contributed by atoms with E-state index in [9.17, 15) is 5.11 Å². The van der Waals surface area contributed by atoms with Crippen LogP contribution in [0.1, 0.15) is 31.7 Å². The highest BCUT2D eigenvalue weighted by Crippen LogP contribution is 2.19. The van der Waals surface area contributed by atoms with Crippen LogP contribution in [0.25, 0.3) is 10.8 Å². The number of unbranched alkanes of at least 4 members (excludes halogenated alkanes) is 1. The Morgan fingerprint density at radius 3 is 2.75 bits per heavy atom. The van der Waals surface area contributed by atoms with Gasteiger partial charge < -0.3 is 10.4 Å². The highest BCUT2D eigenvalue weighted by molar-refractivity contribution is 5.85. The fourth-order valence-corrected chi connectivity index (χ4v) is 2.75. The summed E-state index contributed by atoms with van der Waals surface area (Å²) in [7, 11) is 1.96. The molecule has 126 valence electrons. The van der Waals surface area contributed by atoms with E-state index >= 15 is 0 Å². The van der Waals surface area contributed by atoms with Gasteiger partial charge in [-0.15, -0.1) is 0 Å². The van der Waals surface area contributed by atoms with E-state index in [-0.39, 0.29) is 6.04 Å². The van der Waals surface area contributed by atoms with E-state index in [1.165, 1.54) is 16.3 Å². The molecule has 2 rings (SSSR count). The first-order chi connectivity index (χ1) is 11.7. The normalized spacial score (nSPS) is 13.6. The summed E-state index contributed by atoms with van der Waals surface area (Å²) in [5, 5.41) is 15.6. The van der Waals surface area contributed by atoms with Gasteiger partial charge in [-0.25, -0.2) is 0 Å². The molecule has 0 aromatic heterocycles. The molecule has 2 aromatic rings. The second-order valence-electron chi connectivity index (χ2n) is 6.04. The Labute approximate surface area is 145 Å². The number of fused-ring (bicyclic) bond motifs is 1. The lowest BCUT2D eigenvalue weighted by atomic mass is 9.98. The first-order valence-corrected chi connectivity index (χ1v) is 8.74. The lowest BCUT2D eigenvalue weighted by molar-refractivity contribution is 0.218. The quantitative estimate of drug-likeness (QED) is 0.753. The molecule has 0 heterocycles. The van der Waals surface area contributed by atoms with Gasteiger partial charge in [-0.1, -0.05) is 80.1 Å². The van der Waals surface area contributed by atoms with E-state index in [1.807, 2.05) is 13.1 Å². The molecule has 0 radical (unpaired) electrons. The molecular formula is C22H27NO. The van der Waals surface area contributed by atoms with Crippen molar-refractivity contribution in [1.29, 1.82) is 0 Å². The monoisotopic (exact) mass is 321 g/mol. The fourth-order valence-electron chi connectivity index (χ4n) is 2.75. The largest absolute Gasteiger partial charge is 0.380 e. The van der Waals surface area contributed by atoms with E-state index < -0.39 is 6.10 Å². The zero-order valence-corrected chi connectivity index (χ0v) is 14.6. The first kappa shape index (κ1) is 18.3.